The van der Waals surface area contributed by atoms with Gasteiger partial charge in [-0.25, -0.2) is 0 Å². The van der Waals surface area contributed by atoms with Gasteiger partial charge in [-0.2, -0.15) is 13.2 Å². The topological polar surface area (TPSA) is 32.7 Å². The average molecular weight is 303 g/mol. The fourth-order valence-electron chi connectivity index (χ4n) is 2.42. The lowest BCUT2D eigenvalue weighted by Crippen LogP contribution is -2.38. The highest BCUT2D eigenvalue weighted by Gasteiger charge is 2.34. The highest BCUT2D eigenvalue weighted by molar-refractivity contribution is 5.38. The van der Waals surface area contributed by atoms with Gasteiger partial charge in [0.2, 0.25) is 0 Å². The number of likely N-dealkylation sites (tertiary alicyclic amines) is 1. The van der Waals surface area contributed by atoms with Crippen molar-refractivity contribution in [1.29, 1.82) is 0 Å². The fourth-order valence-corrected chi connectivity index (χ4v) is 2.42. The van der Waals surface area contributed by atoms with E-state index in [0.29, 0.717) is 24.9 Å². The number of piperidine rings is 1. The van der Waals surface area contributed by atoms with Crippen molar-refractivity contribution < 1.29 is 23.0 Å². The second kappa shape index (κ2) is 6.66. The number of ether oxygens (including phenoxy) is 1. The molecule has 1 aromatic rings. The summed E-state index contributed by atoms with van der Waals surface area (Å²) in [5.74, 6) is -0.120. The smallest absolute Gasteiger partial charge is 0.419 e. The maximum atomic E-state index is 12.9. The third-order valence-corrected chi connectivity index (χ3v) is 3.66. The Balaban J connectivity index is 1.91. The average Bonchev–Trinajstić information content (AvgIpc) is 2.41. The van der Waals surface area contributed by atoms with Crippen LogP contribution in [0.3, 0.4) is 0 Å². The molecule has 2 rings (SSSR count). The third-order valence-electron chi connectivity index (χ3n) is 3.66. The van der Waals surface area contributed by atoms with Gasteiger partial charge in [0.15, 0.2) is 0 Å². The fraction of sp³-hybridized carbons (Fsp3) is 0.600. The van der Waals surface area contributed by atoms with Crippen LogP contribution < -0.4 is 4.74 Å². The van der Waals surface area contributed by atoms with E-state index in [2.05, 4.69) is 4.90 Å². The first-order valence-corrected chi connectivity index (χ1v) is 7.07. The first kappa shape index (κ1) is 16.1. The normalized spacial score (nSPS) is 18.0. The Morgan fingerprint density at radius 1 is 1.29 bits per heavy atom. The summed E-state index contributed by atoms with van der Waals surface area (Å²) < 4.78 is 44.1. The zero-order valence-electron chi connectivity index (χ0n) is 12.0. The molecule has 0 aromatic heterocycles. The summed E-state index contributed by atoms with van der Waals surface area (Å²) in [5, 5.41) is 9.40. The minimum atomic E-state index is -4.41. The molecule has 3 nitrogen and oxygen atoms in total. The summed E-state index contributed by atoms with van der Waals surface area (Å²) in [6, 6.07) is 4.09. The van der Waals surface area contributed by atoms with E-state index in [1.807, 2.05) is 0 Å². The second-order valence-corrected chi connectivity index (χ2v) is 5.42. The van der Waals surface area contributed by atoms with Crippen molar-refractivity contribution in [2.24, 2.45) is 0 Å². The molecule has 1 heterocycles. The van der Waals surface area contributed by atoms with E-state index in [1.165, 1.54) is 6.07 Å². The van der Waals surface area contributed by atoms with Gasteiger partial charge in [-0.15, -0.1) is 0 Å². The molecule has 0 spiro atoms. The zero-order valence-corrected chi connectivity index (χ0v) is 12.0. The largest absolute Gasteiger partial charge is 0.492 e. The van der Waals surface area contributed by atoms with Gasteiger partial charge in [-0.1, -0.05) is 11.6 Å². The predicted molar refractivity (Wildman–Crippen MR) is 73.4 cm³/mol. The molecule has 0 saturated carbocycles. The maximum Gasteiger partial charge on any atom is 0.419 e. The number of benzene rings is 1. The number of aryl methyl sites for hydroxylation is 1. The summed E-state index contributed by atoms with van der Waals surface area (Å²) in [6.45, 7) is 3.91. The van der Waals surface area contributed by atoms with Crippen molar-refractivity contribution in [3.8, 4) is 5.75 Å². The summed E-state index contributed by atoms with van der Waals surface area (Å²) in [5.41, 5.74) is -0.170. The zero-order chi connectivity index (χ0) is 15.5. The molecule has 0 radical (unpaired) electrons. The van der Waals surface area contributed by atoms with E-state index in [0.717, 1.165) is 19.2 Å². The summed E-state index contributed by atoms with van der Waals surface area (Å²) in [4.78, 5) is 2.09. The molecule has 1 aliphatic rings. The van der Waals surface area contributed by atoms with E-state index in [4.69, 9.17) is 4.74 Å². The molecule has 1 aliphatic heterocycles. The third kappa shape index (κ3) is 4.61. The molecular formula is C15H20F3NO2. The molecule has 0 bridgehead atoms. The molecule has 1 N–H and O–H groups in total. The van der Waals surface area contributed by atoms with Crippen molar-refractivity contribution in [2.45, 2.75) is 32.0 Å². The van der Waals surface area contributed by atoms with Crippen LogP contribution in [0, 0.1) is 6.92 Å². The van der Waals surface area contributed by atoms with E-state index in [9.17, 15) is 18.3 Å². The van der Waals surface area contributed by atoms with Crippen molar-refractivity contribution >= 4 is 0 Å². The first-order valence-electron chi connectivity index (χ1n) is 7.07. The van der Waals surface area contributed by atoms with Crippen LogP contribution in [0.5, 0.6) is 5.75 Å². The van der Waals surface area contributed by atoms with Gasteiger partial charge in [0.05, 0.1) is 11.7 Å². The molecule has 0 unspecified atom stereocenters. The molecule has 1 saturated heterocycles. The summed E-state index contributed by atoms with van der Waals surface area (Å²) in [7, 11) is 0. The molecule has 1 fully saturated rings. The highest BCUT2D eigenvalue weighted by atomic mass is 19.4. The van der Waals surface area contributed by atoms with E-state index in [-0.39, 0.29) is 18.5 Å². The molecule has 6 heteroatoms. The monoisotopic (exact) mass is 303 g/mol. The van der Waals surface area contributed by atoms with Crippen LogP contribution in [-0.4, -0.2) is 42.4 Å². The minimum absolute atomic E-state index is 0.120. The predicted octanol–water partition coefficient (Wildman–Crippen LogP) is 2.85. The van der Waals surface area contributed by atoms with Crippen LogP contribution in [-0.2, 0) is 6.18 Å². The Morgan fingerprint density at radius 3 is 2.57 bits per heavy atom. The van der Waals surface area contributed by atoms with Crippen molar-refractivity contribution in [2.75, 3.05) is 26.2 Å². The minimum Gasteiger partial charge on any atom is -0.492 e. The molecule has 1 aromatic carbocycles. The van der Waals surface area contributed by atoms with E-state index in [1.54, 1.807) is 13.0 Å². The Morgan fingerprint density at radius 2 is 1.95 bits per heavy atom. The van der Waals surface area contributed by atoms with Gasteiger partial charge >= 0.3 is 6.18 Å². The number of hydrogen-bond donors (Lipinski definition) is 1. The lowest BCUT2D eigenvalue weighted by atomic mass is 10.1. The van der Waals surface area contributed by atoms with Gasteiger partial charge in [0, 0.05) is 19.6 Å². The Bertz CT molecular complexity index is 468. The maximum absolute atomic E-state index is 12.9. The molecule has 118 valence electrons. The molecule has 0 atom stereocenters. The number of alkyl halides is 3. The standard InChI is InChI=1S/C15H20F3NO2/c1-11-2-3-14(13(10-11)15(16,17)18)21-9-8-19-6-4-12(20)5-7-19/h2-3,10,12,20H,4-9H2,1H3. The van der Waals surface area contributed by atoms with Crippen molar-refractivity contribution in [1.82, 2.24) is 4.90 Å². The summed E-state index contributed by atoms with van der Waals surface area (Å²) in [6.07, 6.45) is -3.25. The summed E-state index contributed by atoms with van der Waals surface area (Å²) >= 11 is 0. The Kier molecular flexibility index (Phi) is 5.11. The van der Waals surface area contributed by atoms with Gasteiger partial charge in [-0.05, 0) is 31.9 Å². The van der Waals surface area contributed by atoms with Crippen LogP contribution in [0.15, 0.2) is 18.2 Å². The number of rotatable bonds is 4. The quantitative estimate of drug-likeness (QED) is 0.928. The van der Waals surface area contributed by atoms with Crippen molar-refractivity contribution in [3.05, 3.63) is 29.3 Å². The van der Waals surface area contributed by atoms with Gasteiger partial charge < -0.3 is 9.84 Å². The van der Waals surface area contributed by atoms with Crippen LogP contribution in [0.25, 0.3) is 0 Å². The lowest BCUT2D eigenvalue weighted by Gasteiger charge is -2.29. The highest BCUT2D eigenvalue weighted by Crippen LogP contribution is 2.36. The lowest BCUT2D eigenvalue weighted by molar-refractivity contribution is -0.139. The number of aliphatic hydroxyl groups excluding tert-OH is 1. The van der Waals surface area contributed by atoms with Crippen molar-refractivity contribution in [3.63, 3.8) is 0 Å². The molecule has 21 heavy (non-hydrogen) atoms. The van der Waals surface area contributed by atoms with Gasteiger partial charge in [-0.3, -0.25) is 4.90 Å². The van der Waals surface area contributed by atoms with Crippen LogP contribution in [0.1, 0.15) is 24.0 Å². The van der Waals surface area contributed by atoms with E-state index >= 15 is 0 Å². The van der Waals surface area contributed by atoms with Crippen LogP contribution in [0.2, 0.25) is 0 Å². The Hall–Kier alpha value is -1.27. The van der Waals surface area contributed by atoms with Crippen LogP contribution in [0.4, 0.5) is 13.2 Å². The van der Waals surface area contributed by atoms with E-state index < -0.39 is 11.7 Å². The second-order valence-electron chi connectivity index (χ2n) is 5.42. The Labute approximate surface area is 122 Å². The first-order chi connectivity index (χ1) is 9.86. The SMILES string of the molecule is Cc1ccc(OCCN2CCC(O)CC2)c(C(F)(F)F)c1. The molecule has 0 amide bonds. The number of hydrogen-bond acceptors (Lipinski definition) is 3. The van der Waals surface area contributed by atoms with Crippen LogP contribution >= 0.6 is 0 Å². The number of aliphatic hydroxyl groups is 1. The van der Waals surface area contributed by atoms with Gasteiger partial charge in [0.1, 0.15) is 12.4 Å². The molecule has 0 aliphatic carbocycles. The van der Waals surface area contributed by atoms with Gasteiger partial charge in [0.25, 0.3) is 0 Å². The number of halogens is 3. The molecular weight excluding hydrogens is 283 g/mol. The number of nitrogens with zero attached hydrogens (tertiary/aromatic N) is 1.